The Labute approximate surface area is 92.6 Å². The molecule has 4 nitrogen and oxygen atoms in total. The summed E-state index contributed by atoms with van der Waals surface area (Å²) < 4.78 is 12.6. The number of rotatable bonds is 3. The van der Waals surface area contributed by atoms with Gasteiger partial charge in [0.2, 0.25) is 5.95 Å². The molecule has 82 valence electrons. The Kier molecular flexibility index (Phi) is 3.05. The molecular weight excluding hydrogens is 207 g/mol. The normalized spacial score (nSPS) is 12.1. The van der Waals surface area contributed by atoms with Crippen LogP contribution in [0.3, 0.4) is 0 Å². The lowest BCUT2D eigenvalue weighted by Crippen LogP contribution is -2.10. The van der Waals surface area contributed by atoms with Crippen molar-refractivity contribution in [2.24, 2.45) is 0 Å². The second-order valence-corrected chi connectivity index (χ2v) is 3.35. The summed E-state index contributed by atoms with van der Waals surface area (Å²) in [4.78, 5) is 11.8. The van der Waals surface area contributed by atoms with Gasteiger partial charge < -0.3 is 5.32 Å². The summed E-state index contributed by atoms with van der Waals surface area (Å²) in [5.74, 6) is -0.0596. The Balaban J connectivity index is 2.08. The molecule has 1 N–H and O–H groups in total. The van der Waals surface area contributed by atoms with E-state index in [0.717, 1.165) is 18.1 Å². The molecule has 0 aliphatic carbocycles. The summed E-state index contributed by atoms with van der Waals surface area (Å²) in [7, 11) is 0. The minimum atomic E-state index is -0.448. The van der Waals surface area contributed by atoms with Crippen LogP contribution in [-0.4, -0.2) is 15.0 Å². The highest BCUT2D eigenvalue weighted by Gasteiger charge is 2.07. The largest absolute Gasteiger partial charge is 0.346 e. The third-order valence-electron chi connectivity index (χ3n) is 2.10. The van der Waals surface area contributed by atoms with Gasteiger partial charge in [-0.2, -0.15) is 0 Å². The zero-order valence-electron chi connectivity index (χ0n) is 8.76. The molecule has 0 saturated carbocycles. The van der Waals surface area contributed by atoms with Crippen molar-refractivity contribution < 1.29 is 4.39 Å². The van der Waals surface area contributed by atoms with Crippen LogP contribution in [0.5, 0.6) is 0 Å². The van der Waals surface area contributed by atoms with E-state index < -0.39 is 5.82 Å². The van der Waals surface area contributed by atoms with Crippen molar-refractivity contribution in [3.63, 3.8) is 0 Å². The monoisotopic (exact) mass is 218 g/mol. The minimum Gasteiger partial charge on any atom is -0.346 e. The van der Waals surface area contributed by atoms with Crippen LogP contribution >= 0.6 is 0 Å². The maximum atomic E-state index is 12.6. The van der Waals surface area contributed by atoms with Crippen LogP contribution in [-0.2, 0) is 0 Å². The van der Waals surface area contributed by atoms with Gasteiger partial charge in [-0.1, -0.05) is 6.07 Å². The van der Waals surface area contributed by atoms with E-state index in [-0.39, 0.29) is 6.04 Å². The SMILES string of the molecule is CC(Nc1ncc(F)cn1)c1ccccn1. The molecule has 2 aromatic heterocycles. The van der Waals surface area contributed by atoms with Gasteiger partial charge in [0.25, 0.3) is 0 Å². The van der Waals surface area contributed by atoms with E-state index in [1.165, 1.54) is 0 Å². The van der Waals surface area contributed by atoms with Gasteiger partial charge in [0, 0.05) is 6.20 Å². The average molecular weight is 218 g/mol. The van der Waals surface area contributed by atoms with Gasteiger partial charge in [-0.25, -0.2) is 14.4 Å². The van der Waals surface area contributed by atoms with Crippen molar-refractivity contribution >= 4 is 5.95 Å². The van der Waals surface area contributed by atoms with Gasteiger partial charge in [0.15, 0.2) is 5.82 Å². The van der Waals surface area contributed by atoms with E-state index in [2.05, 4.69) is 20.3 Å². The molecule has 2 rings (SSSR count). The number of hydrogen-bond donors (Lipinski definition) is 1. The number of pyridine rings is 1. The first-order chi connectivity index (χ1) is 7.75. The molecule has 5 heteroatoms. The first-order valence-corrected chi connectivity index (χ1v) is 4.91. The number of nitrogens with one attached hydrogen (secondary N) is 1. The van der Waals surface area contributed by atoms with E-state index >= 15 is 0 Å². The Morgan fingerprint density at radius 3 is 2.56 bits per heavy atom. The maximum Gasteiger partial charge on any atom is 0.223 e. The van der Waals surface area contributed by atoms with Crippen LogP contribution < -0.4 is 5.32 Å². The Morgan fingerprint density at radius 1 is 1.19 bits per heavy atom. The molecule has 0 spiro atoms. The lowest BCUT2D eigenvalue weighted by molar-refractivity contribution is 0.613. The summed E-state index contributed by atoms with van der Waals surface area (Å²) in [6.45, 7) is 1.94. The zero-order valence-corrected chi connectivity index (χ0v) is 8.76. The molecule has 0 aromatic carbocycles. The first kappa shape index (κ1) is 10.5. The molecule has 1 atom stereocenters. The van der Waals surface area contributed by atoms with Crippen LogP contribution in [0.2, 0.25) is 0 Å². The van der Waals surface area contributed by atoms with Crippen molar-refractivity contribution in [1.82, 2.24) is 15.0 Å². The summed E-state index contributed by atoms with van der Waals surface area (Å²) in [5.41, 5.74) is 0.885. The number of anilines is 1. The highest BCUT2D eigenvalue weighted by Crippen LogP contribution is 2.13. The van der Waals surface area contributed by atoms with Crippen molar-refractivity contribution in [2.75, 3.05) is 5.32 Å². The van der Waals surface area contributed by atoms with Crippen LogP contribution in [0, 0.1) is 5.82 Å². The predicted molar refractivity (Wildman–Crippen MR) is 58.3 cm³/mol. The van der Waals surface area contributed by atoms with Crippen LogP contribution in [0.4, 0.5) is 10.3 Å². The number of aromatic nitrogens is 3. The van der Waals surface area contributed by atoms with Crippen molar-refractivity contribution in [1.29, 1.82) is 0 Å². The topological polar surface area (TPSA) is 50.7 Å². The van der Waals surface area contributed by atoms with Gasteiger partial charge in [0.05, 0.1) is 24.1 Å². The molecule has 16 heavy (non-hydrogen) atoms. The minimum absolute atomic E-state index is 0.0216. The third-order valence-corrected chi connectivity index (χ3v) is 2.10. The second-order valence-electron chi connectivity index (χ2n) is 3.35. The molecule has 0 fully saturated rings. The standard InChI is InChI=1S/C11H11FN4/c1-8(10-4-2-3-5-13-10)16-11-14-6-9(12)7-15-11/h2-8H,1H3,(H,14,15,16). The Bertz CT molecular complexity index is 443. The lowest BCUT2D eigenvalue weighted by atomic mass is 10.2. The lowest BCUT2D eigenvalue weighted by Gasteiger charge is -2.12. The fraction of sp³-hybridized carbons (Fsp3) is 0.182. The summed E-state index contributed by atoms with van der Waals surface area (Å²) in [6, 6.07) is 5.64. The molecule has 0 radical (unpaired) electrons. The molecular formula is C11H11FN4. The van der Waals surface area contributed by atoms with Gasteiger partial charge >= 0.3 is 0 Å². The Morgan fingerprint density at radius 2 is 1.94 bits per heavy atom. The molecule has 0 amide bonds. The maximum absolute atomic E-state index is 12.6. The average Bonchev–Trinajstić information content (AvgIpc) is 2.33. The van der Waals surface area contributed by atoms with Crippen LogP contribution in [0.1, 0.15) is 18.7 Å². The van der Waals surface area contributed by atoms with Crippen molar-refractivity contribution in [3.05, 3.63) is 48.3 Å². The van der Waals surface area contributed by atoms with Gasteiger partial charge in [-0.15, -0.1) is 0 Å². The van der Waals surface area contributed by atoms with E-state index in [4.69, 9.17) is 0 Å². The summed E-state index contributed by atoms with van der Waals surface area (Å²) in [6.07, 6.45) is 3.97. The van der Waals surface area contributed by atoms with E-state index in [1.807, 2.05) is 25.1 Å². The van der Waals surface area contributed by atoms with E-state index in [9.17, 15) is 4.39 Å². The van der Waals surface area contributed by atoms with Gasteiger partial charge in [-0.05, 0) is 19.1 Å². The summed E-state index contributed by atoms with van der Waals surface area (Å²) in [5, 5.41) is 3.03. The van der Waals surface area contributed by atoms with Crippen molar-refractivity contribution in [3.8, 4) is 0 Å². The molecule has 0 aliphatic rings. The van der Waals surface area contributed by atoms with Gasteiger partial charge in [0.1, 0.15) is 0 Å². The first-order valence-electron chi connectivity index (χ1n) is 4.91. The fourth-order valence-corrected chi connectivity index (χ4v) is 1.29. The van der Waals surface area contributed by atoms with Crippen LogP contribution in [0.25, 0.3) is 0 Å². The highest BCUT2D eigenvalue weighted by molar-refractivity contribution is 5.27. The molecule has 0 bridgehead atoms. The third kappa shape index (κ3) is 2.50. The molecule has 0 saturated heterocycles. The molecule has 2 aromatic rings. The second kappa shape index (κ2) is 4.65. The van der Waals surface area contributed by atoms with Crippen molar-refractivity contribution in [2.45, 2.75) is 13.0 Å². The molecule has 0 aliphatic heterocycles. The predicted octanol–water partition coefficient (Wildman–Crippen LogP) is 2.18. The fourth-order valence-electron chi connectivity index (χ4n) is 1.29. The zero-order chi connectivity index (χ0) is 11.4. The number of nitrogens with zero attached hydrogens (tertiary/aromatic N) is 3. The van der Waals surface area contributed by atoms with Gasteiger partial charge in [-0.3, -0.25) is 4.98 Å². The summed E-state index contributed by atoms with van der Waals surface area (Å²) >= 11 is 0. The Hall–Kier alpha value is -2.04. The van der Waals surface area contributed by atoms with Crippen LogP contribution in [0.15, 0.2) is 36.8 Å². The molecule has 2 heterocycles. The highest BCUT2D eigenvalue weighted by atomic mass is 19.1. The number of halogens is 1. The number of hydrogen-bond acceptors (Lipinski definition) is 4. The molecule has 1 unspecified atom stereocenters. The smallest absolute Gasteiger partial charge is 0.223 e. The van der Waals surface area contributed by atoms with E-state index in [0.29, 0.717) is 5.95 Å². The quantitative estimate of drug-likeness (QED) is 0.857. The van der Waals surface area contributed by atoms with E-state index in [1.54, 1.807) is 6.20 Å².